The van der Waals surface area contributed by atoms with Crippen LogP contribution in [0.25, 0.3) is 0 Å². The number of hydrogen-bond acceptors (Lipinski definition) is 6. The van der Waals surface area contributed by atoms with Crippen molar-refractivity contribution >= 4 is 38.9 Å². The molecule has 2 fully saturated rings. The zero-order valence-corrected chi connectivity index (χ0v) is 20.3. The number of para-hydroxylation sites is 1. The fourth-order valence-corrected chi connectivity index (χ4v) is 7.59. The summed E-state index contributed by atoms with van der Waals surface area (Å²) in [4.78, 5) is 27.9. The molecule has 0 radical (unpaired) electrons. The minimum atomic E-state index is -3.60. The van der Waals surface area contributed by atoms with Crippen LogP contribution in [0.3, 0.4) is 0 Å². The van der Waals surface area contributed by atoms with Crippen LogP contribution in [-0.4, -0.2) is 55.1 Å². The van der Waals surface area contributed by atoms with Crippen molar-refractivity contribution in [3.8, 4) is 0 Å². The number of carbonyl (C=O) groups excluding carboxylic acids is 2. The summed E-state index contributed by atoms with van der Waals surface area (Å²) in [5, 5.41) is 3.01. The standard InChI is InChI=1S/C23H30N4O4S2/c1-16-10-11-21(32-16)33(30,31)27-13-4-7-18(15-27)23(29)25-19-8-3-2-6-17(19)14-26-12-5-9-20(26)22(24)28/h2-3,6,8,10-11,18,20H,4-5,7,9,12-15H2,1H3,(H2,24,28)(H,25,29). The average Bonchev–Trinajstić information content (AvgIpc) is 3.44. The molecule has 2 saturated heterocycles. The monoisotopic (exact) mass is 490 g/mol. The molecule has 1 aromatic carbocycles. The molecule has 2 aliphatic heterocycles. The number of nitrogens with zero attached hydrogens (tertiary/aromatic N) is 2. The quantitative estimate of drug-likeness (QED) is 0.619. The Balaban J connectivity index is 1.45. The molecular formula is C23H30N4O4S2. The first kappa shape index (κ1) is 23.9. The van der Waals surface area contributed by atoms with Gasteiger partial charge in [-0.25, -0.2) is 8.42 Å². The number of aryl methyl sites for hydroxylation is 1. The van der Waals surface area contributed by atoms with Gasteiger partial charge in [-0.1, -0.05) is 18.2 Å². The zero-order valence-electron chi connectivity index (χ0n) is 18.7. The lowest BCUT2D eigenvalue weighted by atomic mass is 9.98. The van der Waals surface area contributed by atoms with Gasteiger partial charge >= 0.3 is 0 Å². The van der Waals surface area contributed by atoms with Gasteiger partial charge in [-0.3, -0.25) is 14.5 Å². The Morgan fingerprint density at radius 3 is 2.61 bits per heavy atom. The van der Waals surface area contributed by atoms with E-state index in [1.807, 2.05) is 36.1 Å². The van der Waals surface area contributed by atoms with Gasteiger partial charge < -0.3 is 11.1 Å². The smallest absolute Gasteiger partial charge is 0.252 e. The highest BCUT2D eigenvalue weighted by atomic mass is 32.2. The minimum Gasteiger partial charge on any atom is -0.368 e. The van der Waals surface area contributed by atoms with Crippen LogP contribution in [-0.2, 0) is 26.2 Å². The summed E-state index contributed by atoms with van der Waals surface area (Å²) < 4.78 is 27.8. The van der Waals surface area contributed by atoms with E-state index in [0.29, 0.717) is 35.8 Å². The number of primary amides is 1. The number of rotatable bonds is 7. The van der Waals surface area contributed by atoms with Gasteiger partial charge in [-0.2, -0.15) is 4.31 Å². The van der Waals surface area contributed by atoms with E-state index >= 15 is 0 Å². The van der Waals surface area contributed by atoms with Crippen molar-refractivity contribution in [3.63, 3.8) is 0 Å². The van der Waals surface area contributed by atoms with E-state index < -0.39 is 15.9 Å². The lowest BCUT2D eigenvalue weighted by Crippen LogP contribution is -2.43. The first-order valence-electron chi connectivity index (χ1n) is 11.2. The van der Waals surface area contributed by atoms with Crippen LogP contribution < -0.4 is 11.1 Å². The van der Waals surface area contributed by atoms with E-state index in [4.69, 9.17) is 5.73 Å². The summed E-state index contributed by atoms with van der Waals surface area (Å²) in [6.07, 6.45) is 2.94. The second kappa shape index (κ2) is 9.92. The van der Waals surface area contributed by atoms with Gasteiger partial charge in [0.15, 0.2) is 0 Å². The van der Waals surface area contributed by atoms with Gasteiger partial charge in [0.25, 0.3) is 10.0 Å². The van der Waals surface area contributed by atoms with E-state index in [2.05, 4.69) is 5.32 Å². The number of nitrogens with one attached hydrogen (secondary N) is 1. The van der Waals surface area contributed by atoms with E-state index in [-0.39, 0.29) is 24.4 Å². The van der Waals surface area contributed by atoms with Crippen LogP contribution in [0.2, 0.25) is 0 Å². The topological polar surface area (TPSA) is 113 Å². The van der Waals surface area contributed by atoms with Crippen LogP contribution in [0.5, 0.6) is 0 Å². The molecule has 3 heterocycles. The zero-order chi connectivity index (χ0) is 23.6. The second-order valence-corrected chi connectivity index (χ2v) is 12.2. The molecule has 10 heteroatoms. The number of carbonyl (C=O) groups is 2. The van der Waals surface area contributed by atoms with Crippen LogP contribution in [0.1, 0.15) is 36.1 Å². The fraction of sp³-hybridized carbons (Fsp3) is 0.478. The number of sulfonamides is 1. The molecule has 1 aromatic heterocycles. The Labute approximate surface area is 198 Å². The molecule has 2 amide bonds. The number of piperidine rings is 1. The third kappa shape index (κ3) is 5.29. The maximum atomic E-state index is 13.1. The molecule has 2 aromatic rings. The van der Waals surface area contributed by atoms with E-state index in [1.54, 1.807) is 12.1 Å². The van der Waals surface area contributed by atoms with Crippen molar-refractivity contribution in [2.45, 2.75) is 49.4 Å². The predicted molar refractivity (Wildman–Crippen MR) is 128 cm³/mol. The molecule has 178 valence electrons. The molecule has 0 saturated carbocycles. The fourth-order valence-electron chi connectivity index (χ4n) is 4.62. The number of likely N-dealkylation sites (tertiary alicyclic amines) is 1. The SMILES string of the molecule is Cc1ccc(S(=O)(=O)N2CCCC(C(=O)Nc3ccccc3CN3CCCC3C(N)=O)C2)s1. The van der Waals surface area contributed by atoms with Crippen molar-refractivity contribution in [2.24, 2.45) is 11.7 Å². The van der Waals surface area contributed by atoms with Crippen LogP contribution in [0, 0.1) is 12.8 Å². The molecule has 33 heavy (non-hydrogen) atoms. The Morgan fingerprint density at radius 1 is 1.12 bits per heavy atom. The third-order valence-corrected chi connectivity index (χ3v) is 9.74. The summed E-state index contributed by atoms with van der Waals surface area (Å²) in [6.45, 7) is 3.77. The summed E-state index contributed by atoms with van der Waals surface area (Å²) in [5.74, 6) is -0.927. The van der Waals surface area contributed by atoms with Crippen LogP contribution in [0.4, 0.5) is 5.69 Å². The molecule has 2 unspecified atom stereocenters. The number of thiophene rings is 1. The molecule has 0 spiro atoms. The third-order valence-electron chi connectivity index (χ3n) is 6.41. The van der Waals surface area contributed by atoms with Gasteiger partial charge in [0.1, 0.15) is 4.21 Å². The van der Waals surface area contributed by atoms with Gasteiger partial charge in [-0.15, -0.1) is 11.3 Å². The number of hydrogen-bond donors (Lipinski definition) is 2. The Bertz CT molecular complexity index is 1130. The summed E-state index contributed by atoms with van der Waals surface area (Å²) in [6, 6.07) is 10.7. The van der Waals surface area contributed by atoms with E-state index in [0.717, 1.165) is 29.8 Å². The number of anilines is 1. The largest absolute Gasteiger partial charge is 0.368 e. The van der Waals surface area contributed by atoms with Gasteiger partial charge in [0.05, 0.1) is 12.0 Å². The number of benzene rings is 1. The number of amides is 2. The normalized spacial score (nSPS) is 22.3. The highest BCUT2D eigenvalue weighted by molar-refractivity contribution is 7.91. The molecular weight excluding hydrogens is 460 g/mol. The highest BCUT2D eigenvalue weighted by Gasteiger charge is 2.34. The lowest BCUT2D eigenvalue weighted by molar-refractivity contribution is -0.122. The molecule has 0 aliphatic carbocycles. The van der Waals surface area contributed by atoms with Gasteiger partial charge in [0.2, 0.25) is 11.8 Å². The number of nitrogens with two attached hydrogens (primary N) is 1. The summed E-state index contributed by atoms with van der Waals surface area (Å²) >= 11 is 1.25. The van der Waals surface area contributed by atoms with Crippen molar-refractivity contribution in [1.29, 1.82) is 0 Å². The van der Waals surface area contributed by atoms with Gasteiger partial charge in [0, 0.05) is 30.2 Å². The van der Waals surface area contributed by atoms with Crippen molar-refractivity contribution < 1.29 is 18.0 Å². The van der Waals surface area contributed by atoms with Crippen LogP contribution >= 0.6 is 11.3 Å². The average molecular weight is 491 g/mol. The maximum absolute atomic E-state index is 13.1. The Kier molecular flexibility index (Phi) is 7.18. The van der Waals surface area contributed by atoms with Crippen LogP contribution in [0.15, 0.2) is 40.6 Å². The van der Waals surface area contributed by atoms with Crippen molar-refractivity contribution in [1.82, 2.24) is 9.21 Å². The predicted octanol–water partition coefficient (Wildman–Crippen LogP) is 2.55. The molecule has 2 atom stereocenters. The van der Waals surface area contributed by atoms with Gasteiger partial charge in [-0.05, 0) is 62.9 Å². The molecule has 4 rings (SSSR count). The highest BCUT2D eigenvalue weighted by Crippen LogP contribution is 2.29. The maximum Gasteiger partial charge on any atom is 0.252 e. The summed E-state index contributed by atoms with van der Waals surface area (Å²) in [5.41, 5.74) is 7.14. The molecule has 0 bridgehead atoms. The Hall–Kier alpha value is -2.27. The van der Waals surface area contributed by atoms with Crippen molar-refractivity contribution in [3.05, 3.63) is 46.8 Å². The molecule has 2 aliphatic rings. The minimum absolute atomic E-state index is 0.170. The summed E-state index contributed by atoms with van der Waals surface area (Å²) in [7, 11) is -3.60. The van der Waals surface area contributed by atoms with Crippen molar-refractivity contribution in [2.75, 3.05) is 25.0 Å². The first-order valence-corrected chi connectivity index (χ1v) is 13.5. The first-order chi connectivity index (χ1) is 15.8. The second-order valence-electron chi connectivity index (χ2n) is 8.74. The van der Waals surface area contributed by atoms with E-state index in [9.17, 15) is 18.0 Å². The lowest BCUT2D eigenvalue weighted by Gasteiger charge is -2.31. The molecule has 8 nitrogen and oxygen atoms in total. The molecule has 3 N–H and O–H groups in total. The Morgan fingerprint density at radius 2 is 1.88 bits per heavy atom. The van der Waals surface area contributed by atoms with E-state index in [1.165, 1.54) is 15.6 Å².